The molecule has 0 radical (unpaired) electrons. The normalized spacial score (nSPS) is 28.4. The van der Waals surface area contributed by atoms with Crippen molar-refractivity contribution in [3.8, 4) is 0 Å². The van der Waals surface area contributed by atoms with Crippen molar-refractivity contribution >= 4 is 23.2 Å². The molecule has 0 spiro atoms. The zero-order valence-corrected chi connectivity index (χ0v) is 10.9. The summed E-state index contributed by atoms with van der Waals surface area (Å²) in [5.74, 6) is 0.323. The van der Waals surface area contributed by atoms with Crippen LogP contribution in [0, 0.1) is 5.92 Å². The minimum absolute atomic E-state index is 0.00157. The summed E-state index contributed by atoms with van der Waals surface area (Å²) in [4.78, 5) is 30.2. The Morgan fingerprint density at radius 3 is 2.89 bits per heavy atom. The molecule has 96 valence electrons. The molecule has 3 rings (SSSR count). The zero-order valence-electron chi connectivity index (χ0n) is 10.1. The number of carbonyl (C=O) groups is 2. The largest absolute Gasteiger partial charge is 0.343 e. The van der Waals surface area contributed by atoms with Crippen LogP contribution in [0.1, 0.15) is 24.8 Å². The second-order valence-electron chi connectivity index (χ2n) is 4.90. The number of piperazine rings is 1. The number of hydrogen-bond acceptors (Lipinski definition) is 4. The van der Waals surface area contributed by atoms with Gasteiger partial charge in [0.05, 0.1) is 6.54 Å². The minimum Gasteiger partial charge on any atom is -0.343 e. The third-order valence-corrected chi connectivity index (χ3v) is 4.24. The Hall–Kier alpha value is -1.43. The summed E-state index contributed by atoms with van der Waals surface area (Å²) in [7, 11) is 0. The van der Waals surface area contributed by atoms with E-state index in [9.17, 15) is 9.59 Å². The predicted molar refractivity (Wildman–Crippen MR) is 66.8 cm³/mol. The average molecular weight is 265 g/mol. The van der Waals surface area contributed by atoms with Crippen LogP contribution in [-0.2, 0) is 16.1 Å². The lowest BCUT2D eigenvalue weighted by Crippen LogP contribution is -2.62. The van der Waals surface area contributed by atoms with Gasteiger partial charge < -0.3 is 10.2 Å². The molecule has 2 heterocycles. The second kappa shape index (κ2) is 4.35. The molecule has 1 aliphatic carbocycles. The van der Waals surface area contributed by atoms with E-state index in [1.54, 1.807) is 18.0 Å². The highest BCUT2D eigenvalue weighted by atomic mass is 32.1. The quantitative estimate of drug-likeness (QED) is 0.878. The van der Waals surface area contributed by atoms with Crippen LogP contribution >= 0.6 is 11.3 Å². The van der Waals surface area contributed by atoms with Gasteiger partial charge in [0.2, 0.25) is 11.8 Å². The molecular weight excluding hydrogens is 250 g/mol. The first-order valence-corrected chi connectivity index (χ1v) is 7.04. The highest BCUT2D eigenvalue weighted by Gasteiger charge is 2.46. The lowest BCUT2D eigenvalue weighted by molar-refractivity contribution is -0.150. The molecule has 5 nitrogen and oxygen atoms in total. The Morgan fingerprint density at radius 2 is 2.28 bits per heavy atom. The fourth-order valence-corrected chi connectivity index (χ4v) is 3.04. The van der Waals surface area contributed by atoms with E-state index < -0.39 is 6.04 Å². The molecule has 2 unspecified atom stereocenters. The van der Waals surface area contributed by atoms with Gasteiger partial charge in [-0.15, -0.1) is 11.3 Å². The summed E-state index contributed by atoms with van der Waals surface area (Å²) in [6.07, 6.45) is 3.80. The average Bonchev–Trinajstić information content (AvgIpc) is 3.02. The Bertz CT molecular complexity index is 470. The van der Waals surface area contributed by atoms with Crippen LogP contribution < -0.4 is 5.32 Å². The van der Waals surface area contributed by atoms with Crippen LogP contribution in [0.5, 0.6) is 0 Å². The van der Waals surface area contributed by atoms with Crippen molar-refractivity contribution in [3.63, 3.8) is 0 Å². The van der Waals surface area contributed by atoms with Crippen LogP contribution in [0.25, 0.3) is 0 Å². The van der Waals surface area contributed by atoms with Gasteiger partial charge in [0.1, 0.15) is 17.1 Å². The number of amides is 2. The van der Waals surface area contributed by atoms with Gasteiger partial charge in [-0.1, -0.05) is 0 Å². The molecule has 0 bridgehead atoms. The van der Waals surface area contributed by atoms with E-state index in [0.717, 1.165) is 17.8 Å². The first kappa shape index (κ1) is 11.6. The number of nitrogens with one attached hydrogen (secondary N) is 1. The highest BCUT2D eigenvalue weighted by molar-refractivity contribution is 7.09. The summed E-state index contributed by atoms with van der Waals surface area (Å²) < 4.78 is 0. The number of aromatic nitrogens is 1. The van der Waals surface area contributed by atoms with Crippen molar-refractivity contribution in [1.29, 1.82) is 0 Å². The summed E-state index contributed by atoms with van der Waals surface area (Å²) in [6, 6.07) is -0.718. The van der Waals surface area contributed by atoms with Crippen LogP contribution in [0.2, 0.25) is 0 Å². The fourth-order valence-electron chi connectivity index (χ4n) is 2.42. The van der Waals surface area contributed by atoms with Gasteiger partial charge in [-0.2, -0.15) is 0 Å². The van der Waals surface area contributed by atoms with Crippen molar-refractivity contribution in [1.82, 2.24) is 15.2 Å². The summed E-state index contributed by atoms with van der Waals surface area (Å²) >= 11 is 1.52. The number of carbonyl (C=O) groups excluding carboxylic acids is 2. The molecule has 1 saturated carbocycles. The summed E-state index contributed by atoms with van der Waals surface area (Å²) in [6.45, 7) is 2.19. The Morgan fingerprint density at radius 1 is 1.50 bits per heavy atom. The third-order valence-electron chi connectivity index (χ3n) is 3.47. The smallest absolute Gasteiger partial charge is 0.245 e. The minimum atomic E-state index is -0.424. The van der Waals surface area contributed by atoms with Crippen LogP contribution in [0.3, 0.4) is 0 Å². The van der Waals surface area contributed by atoms with E-state index in [4.69, 9.17) is 0 Å². The summed E-state index contributed by atoms with van der Waals surface area (Å²) in [5.41, 5.74) is 0. The van der Waals surface area contributed by atoms with E-state index in [1.807, 2.05) is 5.38 Å². The highest BCUT2D eigenvalue weighted by Crippen LogP contribution is 2.37. The number of thiazole rings is 1. The maximum absolute atomic E-state index is 12.2. The van der Waals surface area contributed by atoms with E-state index in [-0.39, 0.29) is 17.9 Å². The number of rotatable bonds is 3. The van der Waals surface area contributed by atoms with Gasteiger partial charge in [0.15, 0.2) is 0 Å². The second-order valence-corrected chi connectivity index (χ2v) is 5.88. The standard InChI is InChI=1S/C12H15N3O2S/c1-7-12(17)15(6-9-13-4-5-18-9)10(8-2-3-8)11(16)14-7/h4-5,7-8,10H,2-3,6H2,1H3,(H,14,16). The lowest BCUT2D eigenvalue weighted by atomic mass is 10.0. The van der Waals surface area contributed by atoms with Gasteiger partial charge in [-0.05, 0) is 25.7 Å². The first-order valence-electron chi connectivity index (χ1n) is 6.16. The van der Waals surface area contributed by atoms with Crippen molar-refractivity contribution in [2.24, 2.45) is 5.92 Å². The molecule has 1 aromatic heterocycles. The van der Waals surface area contributed by atoms with Gasteiger partial charge in [-0.3, -0.25) is 9.59 Å². The van der Waals surface area contributed by atoms with E-state index in [1.165, 1.54) is 11.3 Å². The van der Waals surface area contributed by atoms with Crippen molar-refractivity contribution in [2.45, 2.75) is 38.4 Å². The number of hydrogen-bond donors (Lipinski definition) is 1. The molecule has 2 fully saturated rings. The van der Waals surface area contributed by atoms with Crippen molar-refractivity contribution < 1.29 is 9.59 Å². The van der Waals surface area contributed by atoms with Gasteiger partial charge in [-0.25, -0.2) is 4.98 Å². The zero-order chi connectivity index (χ0) is 12.7. The van der Waals surface area contributed by atoms with E-state index in [0.29, 0.717) is 12.5 Å². The van der Waals surface area contributed by atoms with Gasteiger partial charge in [0.25, 0.3) is 0 Å². The molecule has 1 N–H and O–H groups in total. The SMILES string of the molecule is CC1NC(=O)C(C2CC2)N(Cc2nccs2)C1=O. The van der Waals surface area contributed by atoms with Crippen molar-refractivity contribution in [2.75, 3.05) is 0 Å². The third kappa shape index (κ3) is 2.01. The molecule has 0 aromatic carbocycles. The van der Waals surface area contributed by atoms with Crippen molar-refractivity contribution in [3.05, 3.63) is 16.6 Å². The molecule has 1 aliphatic heterocycles. The predicted octanol–water partition coefficient (Wildman–Crippen LogP) is 0.769. The fraction of sp³-hybridized carbons (Fsp3) is 0.583. The molecule has 6 heteroatoms. The van der Waals surface area contributed by atoms with Crippen LogP contribution in [0.4, 0.5) is 0 Å². The first-order chi connectivity index (χ1) is 8.66. The Labute approximate surface area is 109 Å². The molecule has 1 saturated heterocycles. The lowest BCUT2D eigenvalue weighted by Gasteiger charge is -2.37. The molecule has 2 atom stereocenters. The van der Waals surface area contributed by atoms with Gasteiger partial charge in [0, 0.05) is 11.6 Å². The maximum atomic E-state index is 12.2. The number of nitrogens with zero attached hydrogens (tertiary/aromatic N) is 2. The maximum Gasteiger partial charge on any atom is 0.245 e. The molecule has 1 aromatic rings. The Balaban J connectivity index is 1.85. The molecular formula is C12H15N3O2S. The van der Waals surface area contributed by atoms with Crippen LogP contribution in [-0.4, -0.2) is 33.8 Å². The van der Waals surface area contributed by atoms with E-state index in [2.05, 4.69) is 10.3 Å². The van der Waals surface area contributed by atoms with Crippen LogP contribution in [0.15, 0.2) is 11.6 Å². The molecule has 18 heavy (non-hydrogen) atoms. The Kier molecular flexibility index (Phi) is 2.81. The molecule has 2 amide bonds. The molecule has 2 aliphatic rings. The topological polar surface area (TPSA) is 62.3 Å². The summed E-state index contributed by atoms with van der Waals surface area (Å²) in [5, 5.41) is 5.54. The monoisotopic (exact) mass is 265 g/mol. The van der Waals surface area contributed by atoms with E-state index >= 15 is 0 Å². The van der Waals surface area contributed by atoms with Gasteiger partial charge >= 0.3 is 0 Å².